The molecule has 0 saturated heterocycles. The first-order valence-corrected chi connectivity index (χ1v) is 7.72. The molecule has 0 radical (unpaired) electrons. The molecule has 5 heteroatoms. The van der Waals surface area contributed by atoms with Crippen LogP contribution >= 0.6 is 11.3 Å². The molecule has 4 nitrogen and oxygen atoms in total. The summed E-state index contributed by atoms with van der Waals surface area (Å²) in [5, 5.41) is 0. The van der Waals surface area contributed by atoms with Crippen molar-refractivity contribution >= 4 is 32.4 Å². The number of benzene rings is 2. The standard InChI is InChI=1S/C17H13N3OS/c1-10-2-4-11(5-3-10)13-9-20-14-7-6-12(16(18)21)8-15(14)22-17(20)19-13/h2-9H,1H3,(H2,18,21). The molecule has 0 spiro atoms. The summed E-state index contributed by atoms with van der Waals surface area (Å²) in [4.78, 5) is 16.9. The average molecular weight is 307 g/mol. The normalized spacial score (nSPS) is 11.3. The molecule has 22 heavy (non-hydrogen) atoms. The lowest BCUT2D eigenvalue weighted by Gasteiger charge is -1.97. The summed E-state index contributed by atoms with van der Waals surface area (Å²) in [7, 11) is 0. The summed E-state index contributed by atoms with van der Waals surface area (Å²) in [5.74, 6) is -0.409. The van der Waals surface area contributed by atoms with Crippen LogP contribution in [0.1, 0.15) is 15.9 Å². The number of rotatable bonds is 2. The Hall–Kier alpha value is -2.66. The van der Waals surface area contributed by atoms with Gasteiger partial charge in [-0.3, -0.25) is 9.20 Å². The molecular formula is C17H13N3OS. The fourth-order valence-corrected chi connectivity index (χ4v) is 3.56. The lowest BCUT2D eigenvalue weighted by molar-refractivity contribution is 0.100. The number of hydrogen-bond acceptors (Lipinski definition) is 3. The Balaban J connectivity index is 1.88. The van der Waals surface area contributed by atoms with Gasteiger partial charge in [-0.2, -0.15) is 0 Å². The van der Waals surface area contributed by atoms with Crippen molar-refractivity contribution in [3.63, 3.8) is 0 Å². The van der Waals surface area contributed by atoms with Gasteiger partial charge in [0.1, 0.15) is 0 Å². The van der Waals surface area contributed by atoms with Gasteiger partial charge in [0.2, 0.25) is 5.91 Å². The molecule has 2 aromatic carbocycles. The molecular weight excluding hydrogens is 294 g/mol. The van der Waals surface area contributed by atoms with Crippen LogP contribution < -0.4 is 5.73 Å². The van der Waals surface area contributed by atoms with E-state index in [2.05, 4.69) is 40.6 Å². The van der Waals surface area contributed by atoms with E-state index < -0.39 is 5.91 Å². The number of nitrogens with zero attached hydrogens (tertiary/aromatic N) is 2. The topological polar surface area (TPSA) is 60.4 Å². The Bertz CT molecular complexity index is 1010. The van der Waals surface area contributed by atoms with Crippen molar-refractivity contribution in [3.05, 3.63) is 59.8 Å². The Morgan fingerprint density at radius 3 is 2.68 bits per heavy atom. The second kappa shape index (κ2) is 4.68. The van der Waals surface area contributed by atoms with E-state index in [0.717, 1.165) is 26.4 Å². The maximum Gasteiger partial charge on any atom is 0.248 e. The summed E-state index contributed by atoms with van der Waals surface area (Å²) < 4.78 is 3.06. The quantitative estimate of drug-likeness (QED) is 0.615. The highest BCUT2D eigenvalue weighted by atomic mass is 32.1. The molecule has 108 valence electrons. The van der Waals surface area contributed by atoms with Crippen molar-refractivity contribution in [2.75, 3.05) is 0 Å². The maximum atomic E-state index is 11.3. The first-order chi connectivity index (χ1) is 10.6. The summed E-state index contributed by atoms with van der Waals surface area (Å²) in [5.41, 5.74) is 10.2. The first kappa shape index (κ1) is 13.0. The molecule has 2 heterocycles. The number of carbonyl (C=O) groups is 1. The van der Waals surface area contributed by atoms with Gasteiger partial charge in [-0.1, -0.05) is 41.2 Å². The highest BCUT2D eigenvalue weighted by Gasteiger charge is 2.11. The fraction of sp³-hybridized carbons (Fsp3) is 0.0588. The number of hydrogen-bond donors (Lipinski definition) is 1. The zero-order chi connectivity index (χ0) is 15.3. The Labute approximate surface area is 130 Å². The number of fused-ring (bicyclic) bond motifs is 3. The molecule has 4 aromatic rings. The van der Waals surface area contributed by atoms with Crippen molar-refractivity contribution in [2.45, 2.75) is 6.92 Å². The van der Waals surface area contributed by atoms with E-state index in [4.69, 9.17) is 5.73 Å². The minimum atomic E-state index is -0.409. The number of amides is 1. The summed E-state index contributed by atoms with van der Waals surface area (Å²) >= 11 is 1.56. The number of aryl methyl sites for hydroxylation is 1. The molecule has 0 unspecified atom stereocenters. The lowest BCUT2D eigenvalue weighted by Crippen LogP contribution is -2.10. The molecule has 0 atom stereocenters. The van der Waals surface area contributed by atoms with Crippen molar-refractivity contribution in [2.24, 2.45) is 5.73 Å². The van der Waals surface area contributed by atoms with E-state index in [9.17, 15) is 4.79 Å². The highest BCUT2D eigenvalue weighted by Crippen LogP contribution is 2.30. The number of primary amides is 1. The smallest absolute Gasteiger partial charge is 0.248 e. The van der Waals surface area contributed by atoms with Gasteiger partial charge < -0.3 is 5.73 Å². The summed E-state index contributed by atoms with van der Waals surface area (Å²) in [6.07, 6.45) is 2.03. The van der Waals surface area contributed by atoms with Crippen LogP contribution in [-0.2, 0) is 0 Å². The monoisotopic (exact) mass is 307 g/mol. The number of aromatic nitrogens is 2. The van der Waals surface area contributed by atoms with Gasteiger partial charge in [0.05, 0.1) is 15.9 Å². The number of thiazole rings is 1. The van der Waals surface area contributed by atoms with Crippen LogP contribution in [0.2, 0.25) is 0 Å². The zero-order valence-corrected chi connectivity index (χ0v) is 12.7. The third-order valence-corrected chi connectivity index (χ3v) is 4.74. The third-order valence-electron chi connectivity index (χ3n) is 3.73. The maximum absolute atomic E-state index is 11.3. The molecule has 0 fully saturated rings. The van der Waals surface area contributed by atoms with Gasteiger partial charge in [-0.25, -0.2) is 4.98 Å². The largest absolute Gasteiger partial charge is 0.366 e. The minimum absolute atomic E-state index is 0.409. The molecule has 2 N–H and O–H groups in total. The molecule has 0 aliphatic rings. The van der Waals surface area contributed by atoms with Crippen LogP contribution in [0.5, 0.6) is 0 Å². The predicted molar refractivity (Wildman–Crippen MR) is 89.3 cm³/mol. The van der Waals surface area contributed by atoms with Crippen LogP contribution in [0.15, 0.2) is 48.7 Å². The zero-order valence-electron chi connectivity index (χ0n) is 11.9. The number of imidazole rings is 1. The Kier molecular flexibility index (Phi) is 2.77. The minimum Gasteiger partial charge on any atom is -0.366 e. The molecule has 0 saturated carbocycles. The van der Waals surface area contributed by atoms with E-state index in [0.29, 0.717) is 5.56 Å². The Morgan fingerprint density at radius 1 is 1.18 bits per heavy atom. The average Bonchev–Trinajstić information content (AvgIpc) is 3.04. The molecule has 2 aromatic heterocycles. The van der Waals surface area contributed by atoms with Gasteiger partial charge in [-0.05, 0) is 25.1 Å². The van der Waals surface area contributed by atoms with Crippen LogP contribution in [0, 0.1) is 6.92 Å². The highest BCUT2D eigenvalue weighted by molar-refractivity contribution is 7.23. The van der Waals surface area contributed by atoms with Crippen molar-refractivity contribution < 1.29 is 4.79 Å². The third kappa shape index (κ3) is 1.98. The molecule has 4 rings (SSSR count). The van der Waals surface area contributed by atoms with Crippen LogP contribution in [0.3, 0.4) is 0 Å². The molecule has 0 aliphatic carbocycles. The van der Waals surface area contributed by atoms with E-state index >= 15 is 0 Å². The predicted octanol–water partition coefficient (Wildman–Crippen LogP) is 3.62. The number of nitrogens with two attached hydrogens (primary N) is 1. The fourth-order valence-electron chi connectivity index (χ4n) is 2.52. The second-order valence-corrected chi connectivity index (χ2v) is 6.30. The van der Waals surface area contributed by atoms with Crippen molar-refractivity contribution in [1.29, 1.82) is 0 Å². The van der Waals surface area contributed by atoms with E-state index in [-0.39, 0.29) is 0 Å². The van der Waals surface area contributed by atoms with Gasteiger partial charge in [0, 0.05) is 17.3 Å². The summed E-state index contributed by atoms with van der Waals surface area (Å²) in [6, 6.07) is 13.8. The van der Waals surface area contributed by atoms with Gasteiger partial charge in [0.25, 0.3) is 0 Å². The second-order valence-electron chi connectivity index (χ2n) is 5.29. The molecule has 0 aliphatic heterocycles. The molecule has 1 amide bonds. The van der Waals surface area contributed by atoms with Gasteiger partial charge in [0.15, 0.2) is 4.96 Å². The van der Waals surface area contributed by atoms with Gasteiger partial charge >= 0.3 is 0 Å². The summed E-state index contributed by atoms with van der Waals surface area (Å²) in [6.45, 7) is 2.07. The Morgan fingerprint density at radius 2 is 1.95 bits per heavy atom. The van der Waals surface area contributed by atoms with Crippen molar-refractivity contribution in [1.82, 2.24) is 9.38 Å². The van der Waals surface area contributed by atoms with Crippen molar-refractivity contribution in [3.8, 4) is 11.3 Å². The molecule has 0 bridgehead atoms. The lowest BCUT2D eigenvalue weighted by atomic mass is 10.1. The van der Waals surface area contributed by atoms with Gasteiger partial charge in [-0.15, -0.1) is 0 Å². The first-order valence-electron chi connectivity index (χ1n) is 6.90. The van der Waals surface area contributed by atoms with E-state index in [1.54, 1.807) is 17.4 Å². The van der Waals surface area contributed by atoms with Crippen LogP contribution in [0.25, 0.3) is 26.4 Å². The van der Waals surface area contributed by atoms with E-state index in [1.807, 2.05) is 18.3 Å². The number of carbonyl (C=O) groups excluding carboxylic acids is 1. The van der Waals surface area contributed by atoms with Crippen LogP contribution in [0.4, 0.5) is 0 Å². The van der Waals surface area contributed by atoms with E-state index in [1.165, 1.54) is 5.56 Å². The SMILES string of the molecule is Cc1ccc(-c2cn3c(n2)sc2cc(C(N)=O)ccc23)cc1. The van der Waals surface area contributed by atoms with Crippen LogP contribution in [-0.4, -0.2) is 15.3 Å².